The largest absolute Gasteiger partial charge is 0.316 e. The first-order valence-corrected chi connectivity index (χ1v) is 3.90. The Morgan fingerprint density at radius 3 is 2.70 bits per heavy atom. The lowest BCUT2D eigenvalue weighted by molar-refractivity contribution is -0.118. The number of carbonyl (C=O) groups is 1. The number of rotatable bonds is 2. The summed E-state index contributed by atoms with van der Waals surface area (Å²) in [7, 11) is 0. The molecule has 0 aromatic rings. The van der Waals surface area contributed by atoms with Gasteiger partial charge in [0.2, 0.25) is 0 Å². The molecule has 0 bridgehead atoms. The van der Waals surface area contributed by atoms with Crippen molar-refractivity contribution in [1.82, 2.24) is 5.32 Å². The van der Waals surface area contributed by atoms with Gasteiger partial charge in [-0.25, -0.2) is 0 Å². The molecule has 0 saturated carbocycles. The van der Waals surface area contributed by atoms with E-state index in [4.69, 9.17) is 0 Å². The summed E-state index contributed by atoms with van der Waals surface area (Å²) in [5.74, 6) is 1.60. The zero-order valence-corrected chi connectivity index (χ0v) is 6.68. The van der Waals surface area contributed by atoms with Crippen LogP contribution in [0, 0.1) is 11.8 Å². The zero-order valence-electron chi connectivity index (χ0n) is 6.68. The molecular formula is C8H15NO. The molecule has 0 amide bonds. The van der Waals surface area contributed by atoms with Gasteiger partial charge in [-0.3, -0.25) is 0 Å². The third kappa shape index (κ3) is 1.81. The van der Waals surface area contributed by atoms with Crippen molar-refractivity contribution in [3.8, 4) is 0 Å². The minimum Gasteiger partial charge on any atom is -0.316 e. The van der Waals surface area contributed by atoms with Crippen molar-refractivity contribution in [2.24, 2.45) is 11.8 Å². The minimum absolute atomic E-state index is 0.320. The van der Waals surface area contributed by atoms with Gasteiger partial charge in [0.1, 0.15) is 5.78 Å². The van der Waals surface area contributed by atoms with Crippen LogP contribution in [0.4, 0.5) is 0 Å². The van der Waals surface area contributed by atoms with Crippen LogP contribution in [-0.2, 0) is 4.79 Å². The fourth-order valence-corrected chi connectivity index (χ4v) is 1.51. The lowest BCUT2D eigenvalue weighted by Crippen LogP contribution is -2.13. The monoisotopic (exact) mass is 141 g/mol. The summed E-state index contributed by atoms with van der Waals surface area (Å²) in [5.41, 5.74) is 0. The molecule has 1 fully saturated rings. The molecule has 2 atom stereocenters. The third-order valence-electron chi connectivity index (χ3n) is 2.23. The molecule has 0 radical (unpaired) electrons. The van der Waals surface area contributed by atoms with Crippen molar-refractivity contribution in [1.29, 1.82) is 0 Å². The molecule has 1 N–H and O–H groups in total. The van der Waals surface area contributed by atoms with Crippen molar-refractivity contribution in [3.05, 3.63) is 0 Å². The quantitative estimate of drug-likeness (QED) is 0.617. The second-order valence-electron chi connectivity index (χ2n) is 3.30. The number of Topliss-reactive ketones (excluding diaryl/α,β-unsaturated/α-hetero) is 1. The Bertz CT molecular complexity index is 133. The Balaban J connectivity index is 2.33. The van der Waals surface area contributed by atoms with Crippen LogP contribution in [0.2, 0.25) is 0 Å². The van der Waals surface area contributed by atoms with Gasteiger partial charge in [-0.15, -0.1) is 0 Å². The van der Waals surface area contributed by atoms with Crippen LogP contribution in [0.1, 0.15) is 20.3 Å². The summed E-state index contributed by atoms with van der Waals surface area (Å²) in [6.07, 6.45) is 0.758. The molecule has 0 aromatic heterocycles. The summed E-state index contributed by atoms with van der Waals surface area (Å²) >= 11 is 0. The van der Waals surface area contributed by atoms with Crippen molar-refractivity contribution in [3.63, 3.8) is 0 Å². The van der Waals surface area contributed by atoms with E-state index in [2.05, 4.69) is 12.2 Å². The summed E-state index contributed by atoms with van der Waals surface area (Å²) in [6, 6.07) is 0. The van der Waals surface area contributed by atoms with E-state index >= 15 is 0 Å². The molecule has 2 nitrogen and oxygen atoms in total. The van der Waals surface area contributed by atoms with E-state index in [0.29, 0.717) is 17.6 Å². The molecule has 1 aliphatic heterocycles. The molecule has 1 rings (SSSR count). The van der Waals surface area contributed by atoms with Gasteiger partial charge in [0.15, 0.2) is 0 Å². The highest BCUT2D eigenvalue weighted by Gasteiger charge is 2.23. The van der Waals surface area contributed by atoms with Gasteiger partial charge in [-0.2, -0.15) is 0 Å². The second-order valence-corrected chi connectivity index (χ2v) is 3.30. The predicted octanol–water partition coefficient (Wildman–Crippen LogP) is 0.821. The highest BCUT2D eigenvalue weighted by molar-refractivity contribution is 5.75. The fraction of sp³-hybridized carbons (Fsp3) is 0.875. The van der Waals surface area contributed by atoms with Crippen molar-refractivity contribution >= 4 is 5.78 Å². The topological polar surface area (TPSA) is 29.1 Å². The first kappa shape index (κ1) is 7.73. The highest BCUT2D eigenvalue weighted by Crippen LogP contribution is 2.19. The van der Waals surface area contributed by atoms with Crippen LogP contribution < -0.4 is 5.32 Å². The number of hydrogen-bond acceptors (Lipinski definition) is 2. The molecule has 10 heavy (non-hydrogen) atoms. The number of carbonyl (C=O) groups excluding carboxylic acids is 1. The molecule has 1 aliphatic rings. The van der Waals surface area contributed by atoms with Crippen LogP contribution in [0.3, 0.4) is 0 Å². The van der Waals surface area contributed by atoms with Crippen molar-refractivity contribution < 1.29 is 4.79 Å². The average Bonchev–Trinajstić information content (AvgIpc) is 2.15. The van der Waals surface area contributed by atoms with Crippen LogP contribution in [0.5, 0.6) is 0 Å². The zero-order chi connectivity index (χ0) is 7.56. The number of hydrogen-bond donors (Lipinski definition) is 1. The normalized spacial score (nSPS) is 32.6. The molecule has 0 spiro atoms. The SMILES string of the molecule is CC(=O)CC1CNCC1C. The molecule has 0 aliphatic carbocycles. The van der Waals surface area contributed by atoms with Gasteiger partial charge in [-0.1, -0.05) is 6.92 Å². The van der Waals surface area contributed by atoms with Crippen LogP contribution in [0.25, 0.3) is 0 Å². The van der Waals surface area contributed by atoms with Crippen molar-refractivity contribution in [2.45, 2.75) is 20.3 Å². The molecule has 0 aromatic carbocycles. The average molecular weight is 141 g/mol. The van der Waals surface area contributed by atoms with Gasteiger partial charge in [0, 0.05) is 6.42 Å². The molecule has 2 heteroatoms. The molecular weight excluding hydrogens is 126 g/mol. The lowest BCUT2D eigenvalue weighted by Gasteiger charge is -2.10. The molecule has 1 saturated heterocycles. The van der Waals surface area contributed by atoms with Crippen molar-refractivity contribution in [2.75, 3.05) is 13.1 Å². The first-order chi connectivity index (χ1) is 4.70. The molecule has 58 valence electrons. The summed E-state index contributed by atoms with van der Waals surface area (Å²) < 4.78 is 0. The van der Waals surface area contributed by atoms with Crippen LogP contribution in [-0.4, -0.2) is 18.9 Å². The number of nitrogens with one attached hydrogen (secondary N) is 1. The Morgan fingerprint density at radius 1 is 1.60 bits per heavy atom. The van der Waals surface area contributed by atoms with E-state index in [1.807, 2.05) is 0 Å². The van der Waals surface area contributed by atoms with E-state index in [0.717, 1.165) is 19.5 Å². The molecule has 1 heterocycles. The maximum Gasteiger partial charge on any atom is 0.130 e. The Morgan fingerprint density at radius 2 is 2.30 bits per heavy atom. The van der Waals surface area contributed by atoms with Gasteiger partial charge >= 0.3 is 0 Å². The summed E-state index contributed by atoms with van der Waals surface area (Å²) in [6.45, 7) is 5.98. The first-order valence-electron chi connectivity index (χ1n) is 3.90. The second kappa shape index (κ2) is 3.15. The van der Waals surface area contributed by atoms with E-state index < -0.39 is 0 Å². The van der Waals surface area contributed by atoms with Gasteiger partial charge in [0.05, 0.1) is 0 Å². The van der Waals surface area contributed by atoms with Crippen LogP contribution in [0.15, 0.2) is 0 Å². The fourth-order valence-electron chi connectivity index (χ4n) is 1.51. The van der Waals surface area contributed by atoms with E-state index in [1.54, 1.807) is 6.92 Å². The van der Waals surface area contributed by atoms with Crippen LogP contribution >= 0.6 is 0 Å². The van der Waals surface area contributed by atoms with Gasteiger partial charge < -0.3 is 10.1 Å². The summed E-state index contributed by atoms with van der Waals surface area (Å²) in [5, 5.41) is 3.28. The molecule has 2 unspecified atom stereocenters. The predicted molar refractivity (Wildman–Crippen MR) is 40.8 cm³/mol. The van der Waals surface area contributed by atoms with E-state index in [1.165, 1.54) is 0 Å². The maximum absolute atomic E-state index is 10.7. The summed E-state index contributed by atoms with van der Waals surface area (Å²) in [4.78, 5) is 10.7. The third-order valence-corrected chi connectivity index (χ3v) is 2.23. The Hall–Kier alpha value is -0.370. The van der Waals surface area contributed by atoms with E-state index in [-0.39, 0.29) is 0 Å². The van der Waals surface area contributed by atoms with Gasteiger partial charge in [-0.05, 0) is 31.8 Å². The Kier molecular flexibility index (Phi) is 2.44. The maximum atomic E-state index is 10.7. The number of ketones is 1. The smallest absolute Gasteiger partial charge is 0.130 e. The highest BCUT2D eigenvalue weighted by atomic mass is 16.1. The minimum atomic E-state index is 0.320. The Labute approximate surface area is 62.0 Å². The van der Waals surface area contributed by atoms with E-state index in [9.17, 15) is 4.79 Å². The standard InChI is InChI=1S/C8H15NO/c1-6-4-9-5-8(6)3-7(2)10/h6,8-9H,3-5H2,1-2H3. The van der Waals surface area contributed by atoms with Gasteiger partial charge in [0.25, 0.3) is 0 Å². The lowest BCUT2D eigenvalue weighted by atomic mass is 9.93.